The average molecular weight is 296 g/mol. The number of nitrogens with zero attached hydrogens (tertiary/aromatic N) is 1. The van der Waals surface area contributed by atoms with Gasteiger partial charge in [-0.3, -0.25) is 4.79 Å². The van der Waals surface area contributed by atoms with E-state index in [0.29, 0.717) is 13.1 Å². The summed E-state index contributed by atoms with van der Waals surface area (Å²) in [5.74, 6) is 0.0663. The van der Waals surface area contributed by atoms with E-state index in [1.165, 1.54) is 5.56 Å². The van der Waals surface area contributed by atoms with Crippen LogP contribution in [0, 0.1) is 0 Å². The lowest BCUT2D eigenvalue weighted by Crippen LogP contribution is -2.32. The third-order valence-electron chi connectivity index (χ3n) is 2.48. The van der Waals surface area contributed by atoms with Crippen LogP contribution in [0.4, 0.5) is 0 Å². The Morgan fingerprint density at radius 2 is 1.94 bits per heavy atom. The molecule has 0 spiro atoms. The van der Waals surface area contributed by atoms with E-state index >= 15 is 0 Å². The molecule has 0 radical (unpaired) electrons. The third-order valence-corrected chi connectivity index (χ3v) is 3.13. The van der Waals surface area contributed by atoms with Crippen LogP contribution in [0.3, 0.4) is 0 Å². The summed E-state index contributed by atoms with van der Waals surface area (Å²) >= 11 is 3.39. The van der Waals surface area contributed by atoms with Gasteiger partial charge in [0.1, 0.15) is 0 Å². The van der Waals surface area contributed by atoms with Crippen molar-refractivity contribution in [3.63, 3.8) is 0 Å². The fraction of sp³-hybridized carbons (Fsp3) is 0.357. The van der Waals surface area contributed by atoms with Gasteiger partial charge in [-0.25, -0.2) is 0 Å². The second kappa shape index (κ2) is 6.60. The Kier molecular flexibility index (Phi) is 5.42. The Labute approximate surface area is 111 Å². The molecule has 92 valence electrons. The minimum absolute atomic E-state index is 0.0663. The molecule has 1 aromatic carbocycles. The van der Waals surface area contributed by atoms with Crippen LogP contribution in [0.15, 0.2) is 36.4 Å². The second-order valence-electron chi connectivity index (χ2n) is 4.11. The lowest BCUT2D eigenvalue weighted by Gasteiger charge is -2.21. The molecule has 3 heteroatoms. The van der Waals surface area contributed by atoms with Gasteiger partial charge in [-0.05, 0) is 31.5 Å². The molecule has 17 heavy (non-hydrogen) atoms. The van der Waals surface area contributed by atoms with Crippen molar-refractivity contribution in [3.8, 4) is 0 Å². The van der Waals surface area contributed by atoms with Gasteiger partial charge in [-0.2, -0.15) is 0 Å². The molecule has 0 aromatic heterocycles. The molecule has 0 heterocycles. The fourth-order valence-corrected chi connectivity index (χ4v) is 1.95. The molecular formula is C14H18BrNO. The highest BCUT2D eigenvalue weighted by Crippen LogP contribution is 2.11. The van der Waals surface area contributed by atoms with Gasteiger partial charge in [0.2, 0.25) is 0 Å². The van der Waals surface area contributed by atoms with Crippen molar-refractivity contribution in [2.45, 2.75) is 19.2 Å². The first-order chi connectivity index (χ1) is 8.08. The van der Waals surface area contributed by atoms with E-state index in [9.17, 15) is 4.79 Å². The first kappa shape index (κ1) is 14.0. The summed E-state index contributed by atoms with van der Waals surface area (Å²) in [6.45, 7) is 9.08. The van der Waals surface area contributed by atoms with Gasteiger partial charge in [-0.15, -0.1) is 0 Å². The first-order valence-corrected chi connectivity index (χ1v) is 6.79. The van der Waals surface area contributed by atoms with Gasteiger partial charge < -0.3 is 4.90 Å². The molecule has 0 N–H and O–H groups in total. The number of hydrogen-bond acceptors (Lipinski definition) is 1. The van der Waals surface area contributed by atoms with Crippen molar-refractivity contribution in [2.24, 2.45) is 0 Å². The van der Waals surface area contributed by atoms with Crippen molar-refractivity contribution in [2.75, 3.05) is 13.1 Å². The van der Waals surface area contributed by atoms with Crippen molar-refractivity contribution >= 4 is 21.8 Å². The van der Waals surface area contributed by atoms with Crippen LogP contribution < -0.4 is 0 Å². The second-order valence-corrected chi connectivity index (χ2v) is 4.67. The van der Waals surface area contributed by atoms with E-state index in [-0.39, 0.29) is 5.91 Å². The van der Waals surface area contributed by atoms with Crippen LogP contribution in [0.2, 0.25) is 0 Å². The molecule has 1 aromatic rings. The maximum absolute atomic E-state index is 12.2. The molecule has 0 aliphatic rings. The van der Waals surface area contributed by atoms with Crippen LogP contribution in [0.5, 0.6) is 0 Å². The van der Waals surface area contributed by atoms with Gasteiger partial charge in [0.05, 0.1) is 0 Å². The molecule has 2 nitrogen and oxygen atoms in total. The summed E-state index contributed by atoms with van der Waals surface area (Å²) in [6.07, 6.45) is 0. The monoisotopic (exact) mass is 295 g/mol. The molecule has 0 unspecified atom stereocenters. The van der Waals surface area contributed by atoms with Crippen molar-refractivity contribution < 1.29 is 4.79 Å². The van der Waals surface area contributed by atoms with Gasteiger partial charge in [0, 0.05) is 24.0 Å². The molecular weight excluding hydrogens is 278 g/mol. The minimum Gasteiger partial charge on any atom is -0.335 e. The predicted octanol–water partition coefficient (Wildman–Crippen LogP) is 3.62. The lowest BCUT2D eigenvalue weighted by molar-refractivity contribution is 0.0778. The van der Waals surface area contributed by atoms with Crippen molar-refractivity contribution in [3.05, 3.63) is 47.5 Å². The molecule has 1 rings (SSSR count). The maximum atomic E-state index is 12.2. The zero-order valence-corrected chi connectivity index (χ0v) is 12.0. The van der Waals surface area contributed by atoms with Gasteiger partial charge >= 0.3 is 0 Å². The first-order valence-electron chi connectivity index (χ1n) is 5.67. The number of halogens is 1. The summed E-state index contributed by atoms with van der Waals surface area (Å²) < 4.78 is 0. The fourth-order valence-electron chi connectivity index (χ4n) is 1.57. The molecule has 1 amide bonds. The number of likely N-dealkylation sites (N-methyl/N-ethyl adjacent to an activating group) is 1. The van der Waals surface area contributed by atoms with Crippen LogP contribution in [-0.4, -0.2) is 23.9 Å². The largest absolute Gasteiger partial charge is 0.335 e. The summed E-state index contributed by atoms with van der Waals surface area (Å²) in [5, 5.41) is 0.810. The highest BCUT2D eigenvalue weighted by Gasteiger charge is 2.13. The van der Waals surface area contributed by atoms with Crippen LogP contribution >= 0.6 is 15.9 Å². The highest BCUT2D eigenvalue weighted by molar-refractivity contribution is 9.08. The Balaban J connectivity index is 2.82. The zero-order chi connectivity index (χ0) is 12.8. The number of hydrogen-bond donors (Lipinski definition) is 0. The average Bonchev–Trinajstić information content (AvgIpc) is 2.35. The number of alkyl halides is 1. The Morgan fingerprint density at radius 3 is 2.35 bits per heavy atom. The molecule has 0 aliphatic carbocycles. The molecule has 0 bridgehead atoms. The van der Waals surface area contributed by atoms with E-state index in [0.717, 1.165) is 16.5 Å². The summed E-state index contributed by atoms with van der Waals surface area (Å²) in [5.41, 5.74) is 2.90. The highest BCUT2D eigenvalue weighted by atomic mass is 79.9. The van der Waals surface area contributed by atoms with Crippen LogP contribution in [0.1, 0.15) is 29.8 Å². The van der Waals surface area contributed by atoms with E-state index in [1.54, 1.807) is 4.90 Å². The van der Waals surface area contributed by atoms with E-state index in [1.807, 2.05) is 38.1 Å². The summed E-state index contributed by atoms with van der Waals surface area (Å²) in [6, 6.07) is 7.69. The minimum atomic E-state index is 0.0663. The molecule has 0 atom stereocenters. The van der Waals surface area contributed by atoms with Crippen molar-refractivity contribution in [1.82, 2.24) is 4.90 Å². The quantitative estimate of drug-likeness (QED) is 0.600. The number of carbonyl (C=O) groups excluding carboxylic acids is 1. The Hall–Kier alpha value is -1.09. The van der Waals surface area contributed by atoms with E-state index < -0.39 is 0 Å². The molecule has 0 saturated carbocycles. The van der Waals surface area contributed by atoms with E-state index in [2.05, 4.69) is 22.5 Å². The molecule has 0 aliphatic heterocycles. The topological polar surface area (TPSA) is 20.3 Å². The van der Waals surface area contributed by atoms with Gasteiger partial charge in [-0.1, -0.05) is 40.2 Å². The maximum Gasteiger partial charge on any atom is 0.254 e. The number of carbonyl (C=O) groups is 1. The Bertz CT molecular complexity index is 397. The molecule has 0 fully saturated rings. The smallest absolute Gasteiger partial charge is 0.254 e. The number of amides is 1. The third kappa shape index (κ3) is 4.00. The van der Waals surface area contributed by atoms with Gasteiger partial charge in [0.15, 0.2) is 0 Å². The SMILES string of the molecule is C=C(C)CN(CC)C(=O)c1ccc(CBr)cc1. The van der Waals surface area contributed by atoms with Crippen LogP contribution in [-0.2, 0) is 5.33 Å². The van der Waals surface area contributed by atoms with E-state index in [4.69, 9.17) is 0 Å². The van der Waals surface area contributed by atoms with Crippen molar-refractivity contribution in [1.29, 1.82) is 0 Å². The Morgan fingerprint density at radius 1 is 1.35 bits per heavy atom. The van der Waals surface area contributed by atoms with Gasteiger partial charge in [0.25, 0.3) is 5.91 Å². The van der Waals surface area contributed by atoms with Crippen LogP contribution in [0.25, 0.3) is 0 Å². The zero-order valence-electron chi connectivity index (χ0n) is 10.4. The summed E-state index contributed by atoms with van der Waals surface area (Å²) in [4.78, 5) is 14.0. The normalized spacial score (nSPS) is 10.1. The number of benzene rings is 1. The summed E-state index contributed by atoms with van der Waals surface area (Å²) in [7, 11) is 0. The standard InChI is InChI=1S/C14H18BrNO/c1-4-16(10-11(2)3)14(17)13-7-5-12(9-15)6-8-13/h5-8H,2,4,9-10H2,1,3H3. The molecule has 0 saturated heterocycles. The predicted molar refractivity (Wildman–Crippen MR) is 75.5 cm³/mol. The lowest BCUT2D eigenvalue weighted by atomic mass is 10.1. The number of rotatable bonds is 5.